The Hall–Kier alpha value is -0.610. The van der Waals surface area contributed by atoms with E-state index >= 15 is 0 Å². The summed E-state index contributed by atoms with van der Waals surface area (Å²) >= 11 is 0. The highest BCUT2D eigenvalue weighted by Gasteiger charge is 2.16. The van der Waals surface area contributed by atoms with E-state index in [2.05, 4.69) is 10.6 Å². The van der Waals surface area contributed by atoms with Crippen molar-refractivity contribution in [2.45, 2.75) is 51.0 Å². The molecule has 4 heteroatoms. The van der Waals surface area contributed by atoms with E-state index in [1.165, 1.54) is 32.1 Å². The van der Waals surface area contributed by atoms with Gasteiger partial charge in [-0.15, -0.1) is 0 Å². The zero-order chi connectivity index (χ0) is 12.6. The van der Waals surface area contributed by atoms with Gasteiger partial charge in [0.15, 0.2) is 0 Å². The monoisotopic (exact) mass is 254 g/mol. The van der Waals surface area contributed by atoms with Crippen molar-refractivity contribution >= 4 is 5.91 Å². The second kappa shape index (κ2) is 7.74. The topological polar surface area (TPSA) is 50.4 Å². The first-order valence-electron chi connectivity index (χ1n) is 7.43. The third kappa shape index (κ3) is 4.94. The summed E-state index contributed by atoms with van der Waals surface area (Å²) in [7, 11) is 0. The first-order valence-corrected chi connectivity index (χ1v) is 7.43. The number of carbonyl (C=O) groups is 1. The Labute approximate surface area is 110 Å². The number of amides is 1. The molecule has 2 rings (SSSR count). The molecule has 0 radical (unpaired) electrons. The lowest BCUT2D eigenvalue weighted by Crippen LogP contribution is -2.45. The lowest BCUT2D eigenvalue weighted by molar-refractivity contribution is -0.122. The van der Waals surface area contributed by atoms with E-state index < -0.39 is 0 Å². The Kier molecular flexibility index (Phi) is 5.94. The van der Waals surface area contributed by atoms with E-state index in [1.54, 1.807) is 0 Å². The maximum atomic E-state index is 11.7. The van der Waals surface area contributed by atoms with Crippen LogP contribution in [0.3, 0.4) is 0 Å². The molecule has 2 fully saturated rings. The van der Waals surface area contributed by atoms with Crippen LogP contribution in [0.5, 0.6) is 0 Å². The summed E-state index contributed by atoms with van der Waals surface area (Å²) in [5, 5.41) is 6.25. The maximum Gasteiger partial charge on any atom is 0.220 e. The van der Waals surface area contributed by atoms with Crippen LogP contribution in [0.15, 0.2) is 0 Å². The Morgan fingerprint density at radius 3 is 2.83 bits per heavy atom. The van der Waals surface area contributed by atoms with Crippen LogP contribution in [0.2, 0.25) is 0 Å². The fourth-order valence-corrected chi connectivity index (χ4v) is 2.88. The van der Waals surface area contributed by atoms with Gasteiger partial charge in [-0.1, -0.05) is 32.1 Å². The van der Waals surface area contributed by atoms with Crippen LogP contribution in [0.4, 0.5) is 0 Å². The number of hydrogen-bond acceptors (Lipinski definition) is 3. The number of morpholine rings is 1. The van der Waals surface area contributed by atoms with Gasteiger partial charge in [0.05, 0.1) is 12.7 Å². The largest absolute Gasteiger partial charge is 0.374 e. The smallest absolute Gasteiger partial charge is 0.220 e. The highest BCUT2D eigenvalue weighted by atomic mass is 16.5. The maximum absolute atomic E-state index is 11.7. The van der Waals surface area contributed by atoms with Gasteiger partial charge < -0.3 is 15.4 Å². The molecule has 2 N–H and O–H groups in total. The third-order valence-electron chi connectivity index (χ3n) is 4.04. The molecule has 1 saturated heterocycles. The first-order chi connectivity index (χ1) is 8.84. The minimum atomic E-state index is 0.150. The van der Waals surface area contributed by atoms with Crippen molar-refractivity contribution in [3.8, 4) is 0 Å². The van der Waals surface area contributed by atoms with Gasteiger partial charge in [-0.05, 0) is 12.3 Å². The summed E-state index contributed by atoms with van der Waals surface area (Å²) in [5.74, 6) is 0.979. The summed E-state index contributed by atoms with van der Waals surface area (Å²) in [6, 6.07) is 0. The molecule has 104 valence electrons. The molecule has 1 unspecified atom stereocenters. The summed E-state index contributed by atoms with van der Waals surface area (Å²) < 4.78 is 5.55. The third-order valence-corrected chi connectivity index (χ3v) is 4.04. The number of nitrogens with one attached hydrogen (secondary N) is 2. The molecule has 1 saturated carbocycles. The van der Waals surface area contributed by atoms with Gasteiger partial charge >= 0.3 is 0 Å². The lowest BCUT2D eigenvalue weighted by Gasteiger charge is -2.24. The quantitative estimate of drug-likeness (QED) is 0.781. The minimum absolute atomic E-state index is 0.150. The summed E-state index contributed by atoms with van der Waals surface area (Å²) in [6.07, 6.45) is 8.64. The van der Waals surface area contributed by atoms with Crippen molar-refractivity contribution in [3.63, 3.8) is 0 Å². The van der Waals surface area contributed by atoms with Crippen LogP contribution in [0.25, 0.3) is 0 Å². The van der Waals surface area contributed by atoms with E-state index in [4.69, 9.17) is 4.74 Å². The highest BCUT2D eigenvalue weighted by Crippen LogP contribution is 2.27. The SMILES string of the molecule is O=C(CCC1CCCCC1)NCC1CNCCO1. The lowest BCUT2D eigenvalue weighted by atomic mass is 9.86. The number of carbonyl (C=O) groups excluding carboxylic acids is 1. The van der Waals surface area contributed by atoms with E-state index in [1.807, 2.05) is 0 Å². The van der Waals surface area contributed by atoms with Crippen LogP contribution in [-0.4, -0.2) is 38.3 Å². The molecular weight excluding hydrogens is 228 g/mol. The number of ether oxygens (including phenoxy) is 1. The number of hydrogen-bond donors (Lipinski definition) is 2. The van der Waals surface area contributed by atoms with E-state index in [0.717, 1.165) is 32.0 Å². The Bertz CT molecular complexity index is 222. The van der Waals surface area contributed by atoms with Crippen molar-refractivity contribution < 1.29 is 9.53 Å². The molecule has 4 nitrogen and oxygen atoms in total. The van der Waals surface area contributed by atoms with Crippen molar-refractivity contribution in [1.29, 1.82) is 0 Å². The molecule has 0 bridgehead atoms. The molecular formula is C14H26N2O2. The van der Waals surface area contributed by atoms with Crippen LogP contribution < -0.4 is 10.6 Å². The average Bonchev–Trinajstić information content (AvgIpc) is 2.45. The van der Waals surface area contributed by atoms with Crippen LogP contribution >= 0.6 is 0 Å². The summed E-state index contributed by atoms with van der Waals surface area (Å²) in [4.78, 5) is 11.7. The molecule has 2 aliphatic rings. The molecule has 1 atom stereocenters. The first kappa shape index (κ1) is 13.8. The molecule has 1 heterocycles. The molecule has 1 aliphatic heterocycles. The highest BCUT2D eigenvalue weighted by molar-refractivity contribution is 5.75. The standard InChI is InChI=1S/C14H26N2O2/c17-14(7-6-12-4-2-1-3-5-12)16-11-13-10-15-8-9-18-13/h12-13,15H,1-11H2,(H,16,17). The average molecular weight is 254 g/mol. The van der Waals surface area contributed by atoms with Gasteiger partial charge in [0.2, 0.25) is 5.91 Å². The number of rotatable bonds is 5. The fourth-order valence-electron chi connectivity index (χ4n) is 2.88. The van der Waals surface area contributed by atoms with Gasteiger partial charge in [0, 0.05) is 26.1 Å². The second-order valence-corrected chi connectivity index (χ2v) is 5.54. The second-order valence-electron chi connectivity index (χ2n) is 5.54. The molecule has 1 aliphatic carbocycles. The van der Waals surface area contributed by atoms with Crippen molar-refractivity contribution in [3.05, 3.63) is 0 Å². The van der Waals surface area contributed by atoms with Crippen LogP contribution in [0, 0.1) is 5.92 Å². The zero-order valence-electron chi connectivity index (χ0n) is 11.2. The summed E-state index contributed by atoms with van der Waals surface area (Å²) in [5.41, 5.74) is 0. The van der Waals surface area contributed by atoms with E-state index in [-0.39, 0.29) is 12.0 Å². The van der Waals surface area contributed by atoms with Crippen molar-refractivity contribution in [2.24, 2.45) is 5.92 Å². The van der Waals surface area contributed by atoms with E-state index in [0.29, 0.717) is 13.0 Å². The predicted octanol–water partition coefficient (Wildman–Crippen LogP) is 1.45. The zero-order valence-corrected chi connectivity index (χ0v) is 11.2. The Balaban J connectivity index is 1.54. The molecule has 0 aromatic rings. The van der Waals surface area contributed by atoms with Gasteiger partial charge in [0.25, 0.3) is 0 Å². The molecule has 1 amide bonds. The molecule has 18 heavy (non-hydrogen) atoms. The molecule has 0 aromatic carbocycles. The fraction of sp³-hybridized carbons (Fsp3) is 0.929. The Morgan fingerprint density at radius 2 is 2.11 bits per heavy atom. The minimum Gasteiger partial charge on any atom is -0.374 e. The molecule has 0 spiro atoms. The van der Waals surface area contributed by atoms with Gasteiger partial charge in [-0.3, -0.25) is 4.79 Å². The normalized spacial score (nSPS) is 25.9. The van der Waals surface area contributed by atoms with Gasteiger partial charge in [-0.25, -0.2) is 0 Å². The van der Waals surface area contributed by atoms with Crippen LogP contribution in [-0.2, 0) is 9.53 Å². The van der Waals surface area contributed by atoms with Crippen molar-refractivity contribution in [1.82, 2.24) is 10.6 Å². The Morgan fingerprint density at radius 1 is 1.28 bits per heavy atom. The predicted molar refractivity (Wildman–Crippen MR) is 71.4 cm³/mol. The van der Waals surface area contributed by atoms with Gasteiger partial charge in [-0.2, -0.15) is 0 Å². The molecule has 0 aromatic heterocycles. The van der Waals surface area contributed by atoms with Crippen LogP contribution in [0.1, 0.15) is 44.9 Å². The summed E-state index contributed by atoms with van der Waals surface area (Å²) in [6.45, 7) is 3.17. The van der Waals surface area contributed by atoms with E-state index in [9.17, 15) is 4.79 Å². The van der Waals surface area contributed by atoms with Crippen molar-refractivity contribution in [2.75, 3.05) is 26.2 Å². The van der Waals surface area contributed by atoms with Gasteiger partial charge in [0.1, 0.15) is 0 Å².